The molecular formula is C102H156O6. The van der Waals surface area contributed by atoms with E-state index in [4.69, 9.17) is 28.4 Å². The van der Waals surface area contributed by atoms with Gasteiger partial charge >= 0.3 is 0 Å². The van der Waals surface area contributed by atoms with Crippen molar-refractivity contribution in [3.05, 3.63) is 173 Å². The van der Waals surface area contributed by atoms with Gasteiger partial charge in [0.25, 0.3) is 0 Å². The normalized spacial score (nSPS) is 13.3. The Labute approximate surface area is 662 Å². The Bertz CT molecular complexity index is 2970. The van der Waals surface area contributed by atoms with E-state index in [9.17, 15) is 0 Å². The van der Waals surface area contributed by atoms with E-state index in [2.05, 4.69) is 239 Å². The molecule has 0 fully saturated rings. The first-order valence-electron chi connectivity index (χ1n) is 43.9. The van der Waals surface area contributed by atoms with Crippen molar-refractivity contribution in [3.63, 3.8) is 0 Å². The van der Waals surface area contributed by atoms with Gasteiger partial charge in [0.1, 0.15) is 34.5 Å². The largest absolute Gasteiger partial charge is 0.493 e. The Morgan fingerprint density at radius 1 is 0.176 bits per heavy atom. The molecule has 0 unspecified atom stereocenters. The van der Waals surface area contributed by atoms with Crippen molar-refractivity contribution in [2.45, 2.75) is 391 Å². The van der Waals surface area contributed by atoms with Crippen molar-refractivity contribution < 1.29 is 28.4 Å². The molecule has 6 nitrogen and oxygen atoms in total. The molecule has 0 amide bonds. The van der Waals surface area contributed by atoms with Gasteiger partial charge in [-0.05, 0) is 171 Å². The third-order valence-corrected chi connectivity index (χ3v) is 22.4. The van der Waals surface area contributed by atoms with Crippen molar-refractivity contribution in [2.75, 3.05) is 39.6 Å². The van der Waals surface area contributed by atoms with Crippen LogP contribution in [0, 0.1) is 0 Å². The molecule has 6 aromatic rings. The number of benzene rings is 6. The fourth-order valence-electron chi connectivity index (χ4n) is 15.3. The molecule has 6 aromatic carbocycles. The first-order valence-corrected chi connectivity index (χ1v) is 43.9. The van der Waals surface area contributed by atoms with Gasteiger partial charge in [0.05, 0.1) is 39.6 Å². The minimum absolute atomic E-state index is 0.179. The number of rotatable bonds is 36. The van der Waals surface area contributed by atoms with Gasteiger partial charge in [-0.3, -0.25) is 0 Å². The van der Waals surface area contributed by atoms with Gasteiger partial charge in [-0.2, -0.15) is 0 Å². The third kappa shape index (κ3) is 26.7. The van der Waals surface area contributed by atoms with Gasteiger partial charge in [0, 0.05) is 38.5 Å². The summed E-state index contributed by atoms with van der Waals surface area (Å²) in [5, 5.41) is 0. The molecule has 1 aliphatic carbocycles. The molecule has 0 saturated carbocycles. The second-order valence-electron chi connectivity index (χ2n) is 38.8. The van der Waals surface area contributed by atoms with E-state index in [0.29, 0.717) is 78.2 Å². The number of unbranched alkanes of at least 4 members (excludes halogenated alkanes) is 18. The predicted molar refractivity (Wildman–Crippen MR) is 466 cm³/mol. The van der Waals surface area contributed by atoms with Crippen molar-refractivity contribution in [1.82, 2.24) is 0 Å². The van der Waals surface area contributed by atoms with Gasteiger partial charge in [0.2, 0.25) is 0 Å². The number of ether oxygens (including phenoxy) is 6. The summed E-state index contributed by atoms with van der Waals surface area (Å²) in [7, 11) is 0. The minimum atomic E-state index is -0.179. The second-order valence-corrected chi connectivity index (χ2v) is 38.8. The molecule has 600 valence electrons. The summed E-state index contributed by atoms with van der Waals surface area (Å²) in [6.45, 7) is 60.7. The Morgan fingerprint density at radius 2 is 0.287 bits per heavy atom. The first kappa shape index (κ1) is 89.3. The van der Waals surface area contributed by atoms with Crippen LogP contribution >= 0.6 is 0 Å². The molecule has 12 bridgehead atoms. The molecule has 7 rings (SSSR count). The lowest BCUT2D eigenvalue weighted by Gasteiger charge is -2.29. The van der Waals surface area contributed by atoms with Gasteiger partial charge in [-0.15, -0.1) is 0 Å². The van der Waals surface area contributed by atoms with Crippen LogP contribution in [0.25, 0.3) is 0 Å². The topological polar surface area (TPSA) is 55.4 Å². The van der Waals surface area contributed by atoms with Crippen LogP contribution in [-0.2, 0) is 71.0 Å². The molecule has 0 heterocycles. The highest BCUT2D eigenvalue weighted by atomic mass is 16.5. The van der Waals surface area contributed by atoms with Crippen LogP contribution in [0.4, 0.5) is 0 Å². The van der Waals surface area contributed by atoms with Crippen LogP contribution in [0.3, 0.4) is 0 Å². The molecule has 6 heteroatoms. The van der Waals surface area contributed by atoms with E-state index < -0.39 is 0 Å². The first-order chi connectivity index (χ1) is 51.1. The third-order valence-electron chi connectivity index (χ3n) is 22.4. The van der Waals surface area contributed by atoms with E-state index in [1.165, 1.54) is 177 Å². The Hall–Kier alpha value is -5.88. The van der Waals surface area contributed by atoms with Crippen LogP contribution in [-0.4, -0.2) is 39.6 Å². The van der Waals surface area contributed by atoms with Gasteiger partial charge in [-0.1, -0.05) is 355 Å². The molecule has 0 atom stereocenters. The maximum Gasteiger partial charge on any atom is 0.126 e. The fraction of sp³-hybridized carbons (Fsp3) is 0.647. The molecule has 0 spiro atoms. The molecule has 0 saturated heterocycles. The van der Waals surface area contributed by atoms with E-state index >= 15 is 0 Å². The van der Waals surface area contributed by atoms with E-state index in [1.54, 1.807) is 0 Å². The summed E-state index contributed by atoms with van der Waals surface area (Å²) in [5.41, 5.74) is 21.3. The van der Waals surface area contributed by atoms with Crippen molar-refractivity contribution in [3.8, 4) is 34.5 Å². The maximum absolute atomic E-state index is 7.58. The van der Waals surface area contributed by atoms with Crippen LogP contribution in [0.5, 0.6) is 34.5 Å². The Morgan fingerprint density at radius 3 is 0.380 bits per heavy atom. The molecule has 1 aliphatic rings. The van der Waals surface area contributed by atoms with Crippen LogP contribution in [0.2, 0.25) is 0 Å². The van der Waals surface area contributed by atoms with E-state index in [0.717, 1.165) is 112 Å². The molecule has 0 aromatic heterocycles. The minimum Gasteiger partial charge on any atom is -0.493 e. The molecule has 108 heavy (non-hydrogen) atoms. The zero-order valence-corrected chi connectivity index (χ0v) is 73.8. The average molecular weight is 1480 g/mol. The quantitative estimate of drug-likeness (QED) is 0.0365. The van der Waals surface area contributed by atoms with Crippen LogP contribution in [0.15, 0.2) is 72.8 Å². The highest BCUT2D eigenvalue weighted by molar-refractivity contribution is 5.62. The monoisotopic (exact) mass is 1480 g/mol. The average Bonchev–Trinajstić information content (AvgIpc) is 0.768. The summed E-state index contributed by atoms with van der Waals surface area (Å²) in [4.78, 5) is 0. The Balaban J connectivity index is 1.75. The van der Waals surface area contributed by atoms with Crippen molar-refractivity contribution >= 4 is 0 Å². The lowest BCUT2D eigenvalue weighted by molar-refractivity contribution is 0.293. The second kappa shape index (κ2) is 41.6. The molecular weight excluding hydrogens is 1320 g/mol. The van der Waals surface area contributed by atoms with Gasteiger partial charge in [0.15, 0.2) is 0 Å². The predicted octanol–water partition coefficient (Wildman–Crippen LogP) is 29.1. The highest BCUT2D eigenvalue weighted by Gasteiger charge is 2.32. The van der Waals surface area contributed by atoms with Gasteiger partial charge < -0.3 is 28.4 Å². The highest BCUT2D eigenvalue weighted by Crippen LogP contribution is 2.47. The molecule has 0 N–H and O–H groups in total. The maximum atomic E-state index is 7.58. The number of hydrogen-bond donors (Lipinski definition) is 0. The summed E-state index contributed by atoms with van der Waals surface area (Å²) in [5.74, 6) is 6.04. The summed E-state index contributed by atoms with van der Waals surface area (Å²) in [6.07, 6.45) is 30.7. The van der Waals surface area contributed by atoms with Gasteiger partial charge in [-0.25, -0.2) is 0 Å². The zero-order valence-electron chi connectivity index (χ0n) is 73.8. The summed E-state index contributed by atoms with van der Waals surface area (Å²) >= 11 is 0. The number of fused-ring (bicyclic) bond motifs is 12. The lowest BCUT2D eigenvalue weighted by Crippen LogP contribution is -2.18. The van der Waals surface area contributed by atoms with Crippen LogP contribution in [0.1, 0.15) is 420 Å². The summed E-state index contributed by atoms with van der Waals surface area (Å²) < 4.78 is 45.5. The van der Waals surface area contributed by atoms with E-state index in [1.807, 2.05) is 0 Å². The van der Waals surface area contributed by atoms with Crippen molar-refractivity contribution in [1.29, 1.82) is 0 Å². The standard InChI is InChI=1S/C102H156O6/c1-25-31-37-43-49-103-91-73-55-75-63-86(98(10,11)12)65-77(92(75)104-50-44-38-32-26-2)57-79-67-88(100(16,17)18)69-81(94(79)106-52-46-40-34-28-4)59-83-71-90(102(22,23)24)72-84(96(83)108-54-48-42-36-30-6)60-82-70-89(101(19,20)21)68-80(95(82)107-53-47-41-35-29-5)58-78-66-87(99(13,14)15)64-76(93(78)105-51-45-39-33-27-3)56-74(91)62-85(61-73)97(7,8)9/h61-72H,25-60H2,1-24H3. The zero-order chi connectivity index (χ0) is 79.0. The van der Waals surface area contributed by atoms with Crippen LogP contribution < -0.4 is 28.4 Å². The van der Waals surface area contributed by atoms with Crippen molar-refractivity contribution in [2.24, 2.45) is 0 Å². The molecule has 0 aliphatic heterocycles. The van der Waals surface area contributed by atoms with E-state index in [-0.39, 0.29) is 32.5 Å². The lowest BCUT2D eigenvalue weighted by atomic mass is 9.79. The SMILES string of the molecule is CCCCCCOc1c2cc(C(C)(C)C)cc1Cc1cc(C(C)(C)C)cc(c1OCCCCCC)Cc1cc(C(C)(C)C)cc(c1OCCCCCC)Cc1cc(C(C)(C)C)cc(c1OCCCCCC)Cc1cc(C(C)(C)C)cc(c1OCCCCCC)Cc1cc(C(C)(C)C)cc(c1OCCCCCC)C2. The molecule has 0 radical (unpaired) electrons. The summed E-state index contributed by atoms with van der Waals surface area (Å²) in [6, 6.07) is 30.2. The Kier molecular flexibility index (Phi) is 34.4. The smallest absolute Gasteiger partial charge is 0.126 e. The fourth-order valence-corrected chi connectivity index (χ4v) is 15.3. The number of hydrogen-bond acceptors (Lipinski definition) is 6.